The number of nitrogens with zero attached hydrogens (tertiary/aromatic N) is 3. The molecule has 4 nitrogen and oxygen atoms in total. The standard InChI is InChI=1S/C14H11F2N3O/c1-9-7-13-17-6-5-12(19(13)18-9)10-3-2-4-11(8-10)20-14(15)16/h2-8,14H,1H3. The number of fused-ring (bicyclic) bond motifs is 1. The molecule has 0 spiro atoms. The quantitative estimate of drug-likeness (QED) is 0.736. The fourth-order valence-corrected chi connectivity index (χ4v) is 2.06. The van der Waals surface area contributed by atoms with Crippen molar-refractivity contribution in [2.45, 2.75) is 13.5 Å². The molecule has 20 heavy (non-hydrogen) atoms. The van der Waals surface area contributed by atoms with Gasteiger partial charge in [-0.3, -0.25) is 0 Å². The Hall–Kier alpha value is -2.50. The maximum absolute atomic E-state index is 12.3. The average Bonchev–Trinajstić information content (AvgIpc) is 2.78. The Kier molecular flexibility index (Phi) is 3.06. The van der Waals surface area contributed by atoms with Crippen LogP contribution in [-0.4, -0.2) is 21.2 Å². The number of halogens is 2. The first-order valence-electron chi connectivity index (χ1n) is 6.00. The number of alkyl halides is 2. The summed E-state index contributed by atoms with van der Waals surface area (Å²) in [4.78, 5) is 4.21. The third-order valence-electron chi connectivity index (χ3n) is 2.84. The summed E-state index contributed by atoms with van der Waals surface area (Å²) in [6, 6.07) is 10.1. The number of aryl methyl sites for hydroxylation is 1. The van der Waals surface area contributed by atoms with Crippen LogP contribution in [0.5, 0.6) is 5.75 Å². The van der Waals surface area contributed by atoms with Gasteiger partial charge in [0.05, 0.1) is 11.4 Å². The molecule has 0 saturated carbocycles. The minimum absolute atomic E-state index is 0.117. The summed E-state index contributed by atoms with van der Waals surface area (Å²) in [7, 11) is 0. The van der Waals surface area contributed by atoms with Crippen LogP contribution >= 0.6 is 0 Å². The van der Waals surface area contributed by atoms with Gasteiger partial charge in [0.15, 0.2) is 5.65 Å². The molecule has 2 heterocycles. The van der Waals surface area contributed by atoms with Gasteiger partial charge < -0.3 is 4.74 Å². The Morgan fingerprint density at radius 1 is 1.20 bits per heavy atom. The van der Waals surface area contributed by atoms with Gasteiger partial charge in [0.2, 0.25) is 0 Å². The molecule has 0 aliphatic heterocycles. The number of hydrogen-bond donors (Lipinski definition) is 0. The van der Waals surface area contributed by atoms with Crippen molar-refractivity contribution in [3.05, 3.63) is 48.3 Å². The fourth-order valence-electron chi connectivity index (χ4n) is 2.06. The lowest BCUT2D eigenvalue weighted by atomic mass is 10.1. The molecule has 2 aromatic heterocycles. The average molecular weight is 275 g/mol. The van der Waals surface area contributed by atoms with Crippen LogP contribution < -0.4 is 4.74 Å². The minimum atomic E-state index is -2.84. The molecule has 0 radical (unpaired) electrons. The molecule has 3 rings (SSSR count). The number of rotatable bonds is 3. The van der Waals surface area contributed by atoms with Crippen molar-refractivity contribution in [3.8, 4) is 17.0 Å². The number of ether oxygens (including phenoxy) is 1. The molecule has 0 aliphatic carbocycles. The van der Waals surface area contributed by atoms with Crippen molar-refractivity contribution >= 4 is 5.65 Å². The fraction of sp³-hybridized carbons (Fsp3) is 0.143. The van der Waals surface area contributed by atoms with Gasteiger partial charge in [0.25, 0.3) is 0 Å². The van der Waals surface area contributed by atoms with Crippen LogP contribution in [-0.2, 0) is 0 Å². The van der Waals surface area contributed by atoms with Crippen LogP contribution in [0.2, 0.25) is 0 Å². The van der Waals surface area contributed by atoms with Crippen LogP contribution in [0.3, 0.4) is 0 Å². The molecule has 0 bridgehead atoms. The molecular weight excluding hydrogens is 264 g/mol. The highest BCUT2D eigenvalue weighted by molar-refractivity contribution is 5.64. The molecule has 102 valence electrons. The first-order valence-corrected chi connectivity index (χ1v) is 6.00. The van der Waals surface area contributed by atoms with Gasteiger partial charge in [-0.15, -0.1) is 0 Å². The Morgan fingerprint density at radius 2 is 2.05 bits per heavy atom. The van der Waals surface area contributed by atoms with Crippen LogP contribution in [0.4, 0.5) is 8.78 Å². The summed E-state index contributed by atoms with van der Waals surface area (Å²) in [6.45, 7) is -0.968. The van der Waals surface area contributed by atoms with E-state index in [1.165, 1.54) is 6.07 Å². The summed E-state index contributed by atoms with van der Waals surface area (Å²) in [5, 5.41) is 4.35. The van der Waals surface area contributed by atoms with Crippen molar-refractivity contribution in [1.82, 2.24) is 14.6 Å². The van der Waals surface area contributed by atoms with Gasteiger partial charge in [-0.05, 0) is 25.1 Å². The lowest BCUT2D eigenvalue weighted by Gasteiger charge is -2.08. The molecule has 0 atom stereocenters. The second-order valence-electron chi connectivity index (χ2n) is 4.29. The summed E-state index contributed by atoms with van der Waals surface area (Å²) < 4.78 is 30.6. The van der Waals surface area contributed by atoms with E-state index in [4.69, 9.17) is 0 Å². The second-order valence-corrected chi connectivity index (χ2v) is 4.29. The van der Waals surface area contributed by atoms with E-state index in [2.05, 4.69) is 14.8 Å². The zero-order chi connectivity index (χ0) is 14.1. The van der Waals surface area contributed by atoms with Crippen LogP contribution in [0.15, 0.2) is 42.6 Å². The maximum Gasteiger partial charge on any atom is 0.387 e. The largest absolute Gasteiger partial charge is 0.435 e. The lowest BCUT2D eigenvalue weighted by molar-refractivity contribution is -0.0498. The highest BCUT2D eigenvalue weighted by Gasteiger charge is 2.09. The topological polar surface area (TPSA) is 39.4 Å². The van der Waals surface area contributed by atoms with Crippen molar-refractivity contribution in [3.63, 3.8) is 0 Å². The van der Waals surface area contributed by atoms with E-state index in [9.17, 15) is 8.78 Å². The van der Waals surface area contributed by atoms with Crippen LogP contribution in [0, 0.1) is 6.92 Å². The molecule has 0 N–H and O–H groups in total. The first kappa shape index (κ1) is 12.5. The third-order valence-corrected chi connectivity index (χ3v) is 2.84. The third kappa shape index (κ3) is 2.32. The van der Waals surface area contributed by atoms with Gasteiger partial charge in [-0.1, -0.05) is 12.1 Å². The zero-order valence-corrected chi connectivity index (χ0v) is 10.6. The molecule has 0 unspecified atom stereocenters. The Balaban J connectivity index is 2.10. The molecule has 0 saturated heterocycles. The monoisotopic (exact) mass is 275 g/mol. The van der Waals surface area contributed by atoms with E-state index in [0.29, 0.717) is 5.65 Å². The Bertz CT molecular complexity index is 755. The van der Waals surface area contributed by atoms with Gasteiger partial charge in [-0.25, -0.2) is 9.50 Å². The lowest BCUT2D eigenvalue weighted by Crippen LogP contribution is -2.02. The molecule has 0 amide bonds. The van der Waals surface area contributed by atoms with Gasteiger partial charge >= 0.3 is 6.61 Å². The number of hydrogen-bond acceptors (Lipinski definition) is 3. The molecule has 0 aliphatic rings. The maximum atomic E-state index is 12.3. The van der Waals surface area contributed by atoms with E-state index < -0.39 is 6.61 Å². The van der Waals surface area contributed by atoms with E-state index in [1.54, 1.807) is 28.9 Å². The number of benzene rings is 1. The normalized spacial score (nSPS) is 11.2. The predicted octanol–water partition coefficient (Wildman–Crippen LogP) is 3.31. The molecule has 1 aromatic carbocycles. The van der Waals surface area contributed by atoms with E-state index in [0.717, 1.165) is 17.0 Å². The SMILES string of the molecule is Cc1cc2nccc(-c3cccc(OC(F)F)c3)n2n1. The summed E-state index contributed by atoms with van der Waals surface area (Å²) in [5.41, 5.74) is 3.05. The van der Waals surface area contributed by atoms with Gasteiger partial charge in [-0.2, -0.15) is 13.9 Å². The summed E-state index contributed by atoms with van der Waals surface area (Å²) in [5.74, 6) is 0.117. The van der Waals surface area contributed by atoms with Gasteiger partial charge in [0, 0.05) is 17.8 Å². The highest BCUT2D eigenvalue weighted by atomic mass is 19.3. The predicted molar refractivity (Wildman–Crippen MR) is 69.8 cm³/mol. The van der Waals surface area contributed by atoms with Crippen LogP contribution in [0.25, 0.3) is 16.9 Å². The smallest absolute Gasteiger partial charge is 0.387 e. The molecule has 0 fully saturated rings. The second kappa shape index (κ2) is 4.88. The van der Waals surface area contributed by atoms with Gasteiger partial charge in [0.1, 0.15) is 5.75 Å². The minimum Gasteiger partial charge on any atom is -0.435 e. The van der Waals surface area contributed by atoms with E-state index >= 15 is 0 Å². The summed E-state index contributed by atoms with van der Waals surface area (Å²) in [6.07, 6.45) is 1.66. The molecular formula is C14H11F2N3O. The van der Waals surface area contributed by atoms with E-state index in [1.807, 2.05) is 19.1 Å². The zero-order valence-electron chi connectivity index (χ0n) is 10.6. The van der Waals surface area contributed by atoms with Crippen molar-refractivity contribution in [2.24, 2.45) is 0 Å². The molecule has 3 aromatic rings. The Morgan fingerprint density at radius 3 is 2.85 bits per heavy atom. The first-order chi connectivity index (χ1) is 9.63. The van der Waals surface area contributed by atoms with Crippen molar-refractivity contribution < 1.29 is 13.5 Å². The number of aromatic nitrogens is 3. The highest BCUT2D eigenvalue weighted by Crippen LogP contribution is 2.25. The van der Waals surface area contributed by atoms with Crippen LogP contribution in [0.1, 0.15) is 5.69 Å². The Labute approximate surface area is 113 Å². The van der Waals surface area contributed by atoms with Crippen molar-refractivity contribution in [1.29, 1.82) is 0 Å². The summed E-state index contributed by atoms with van der Waals surface area (Å²) >= 11 is 0. The van der Waals surface area contributed by atoms with E-state index in [-0.39, 0.29) is 5.75 Å². The van der Waals surface area contributed by atoms with Crippen molar-refractivity contribution in [2.75, 3.05) is 0 Å². The molecule has 6 heteroatoms.